The van der Waals surface area contributed by atoms with Crippen molar-refractivity contribution in [1.82, 2.24) is 10.4 Å². The summed E-state index contributed by atoms with van der Waals surface area (Å²) in [6.07, 6.45) is 6.95. The summed E-state index contributed by atoms with van der Waals surface area (Å²) in [5, 5.41) is 1.07. The van der Waals surface area contributed by atoms with Crippen LogP contribution in [0.2, 0.25) is 0 Å². The second-order valence-electron chi connectivity index (χ2n) is 6.08. The van der Waals surface area contributed by atoms with Crippen LogP contribution < -0.4 is 14.9 Å². The zero-order valence-corrected chi connectivity index (χ0v) is 19.6. The first kappa shape index (κ1) is 22.9. The molecule has 0 unspecified atom stereocenters. The molecular weight excluding hydrogens is 500 g/mol. The molecule has 0 spiro atoms. The van der Waals surface area contributed by atoms with Gasteiger partial charge in [0.2, 0.25) is 0 Å². The van der Waals surface area contributed by atoms with Gasteiger partial charge in [0.1, 0.15) is 6.61 Å². The van der Waals surface area contributed by atoms with Gasteiger partial charge in [-0.05, 0) is 71.0 Å². The SMILES string of the molecule is C#CCOc1c(Br)cc(/C=C2/SC(=S)N(NC(=O)c3ccccc3)C2=O)cc1OCC. The van der Waals surface area contributed by atoms with Gasteiger partial charge in [-0.2, -0.15) is 5.01 Å². The van der Waals surface area contributed by atoms with Gasteiger partial charge >= 0.3 is 0 Å². The van der Waals surface area contributed by atoms with Crippen LogP contribution >= 0.6 is 39.9 Å². The highest BCUT2D eigenvalue weighted by atomic mass is 79.9. The number of carbonyl (C=O) groups is 2. The van der Waals surface area contributed by atoms with E-state index in [9.17, 15) is 9.59 Å². The molecule has 1 aliphatic rings. The molecule has 31 heavy (non-hydrogen) atoms. The predicted octanol–water partition coefficient (Wildman–Crippen LogP) is 4.41. The summed E-state index contributed by atoms with van der Waals surface area (Å²) in [6, 6.07) is 12.1. The fourth-order valence-corrected chi connectivity index (χ4v) is 4.41. The van der Waals surface area contributed by atoms with Crippen LogP contribution in [0.5, 0.6) is 11.5 Å². The van der Waals surface area contributed by atoms with E-state index >= 15 is 0 Å². The first-order chi connectivity index (χ1) is 14.9. The molecular formula is C22H17BrN2O4S2. The Bertz CT molecular complexity index is 1100. The minimum Gasteiger partial charge on any atom is -0.490 e. The minimum absolute atomic E-state index is 0.0950. The second kappa shape index (κ2) is 10.5. The molecule has 1 heterocycles. The number of halogens is 1. The number of hydrogen-bond acceptors (Lipinski definition) is 6. The molecule has 2 aromatic rings. The number of carbonyl (C=O) groups excluding carboxylic acids is 2. The number of rotatable bonds is 7. The summed E-state index contributed by atoms with van der Waals surface area (Å²) in [6.45, 7) is 2.37. The number of hydrazine groups is 1. The Balaban J connectivity index is 1.83. The van der Waals surface area contributed by atoms with Crippen LogP contribution in [0.1, 0.15) is 22.8 Å². The van der Waals surface area contributed by atoms with Gasteiger partial charge in [0.15, 0.2) is 15.8 Å². The summed E-state index contributed by atoms with van der Waals surface area (Å²) >= 11 is 9.84. The summed E-state index contributed by atoms with van der Waals surface area (Å²) < 4.78 is 12.1. The van der Waals surface area contributed by atoms with Gasteiger partial charge in [-0.25, -0.2) is 0 Å². The average Bonchev–Trinajstić information content (AvgIpc) is 3.01. The van der Waals surface area contributed by atoms with E-state index in [1.54, 1.807) is 48.5 Å². The van der Waals surface area contributed by atoms with Crippen LogP contribution in [0.15, 0.2) is 51.8 Å². The highest BCUT2D eigenvalue weighted by Crippen LogP contribution is 2.39. The lowest BCUT2D eigenvalue weighted by atomic mass is 10.2. The van der Waals surface area contributed by atoms with Crippen molar-refractivity contribution in [3.05, 3.63) is 63.0 Å². The molecule has 158 valence electrons. The molecule has 0 atom stereocenters. The summed E-state index contributed by atoms with van der Waals surface area (Å²) in [5.74, 6) is 2.56. The molecule has 1 aliphatic heterocycles. The van der Waals surface area contributed by atoms with E-state index < -0.39 is 11.8 Å². The number of ether oxygens (including phenoxy) is 2. The van der Waals surface area contributed by atoms with Gasteiger partial charge in [0, 0.05) is 5.56 Å². The highest BCUT2D eigenvalue weighted by Gasteiger charge is 2.34. The zero-order chi connectivity index (χ0) is 22.4. The van der Waals surface area contributed by atoms with Crippen molar-refractivity contribution in [1.29, 1.82) is 0 Å². The van der Waals surface area contributed by atoms with Crippen molar-refractivity contribution in [2.75, 3.05) is 13.2 Å². The zero-order valence-electron chi connectivity index (χ0n) is 16.4. The number of benzene rings is 2. The summed E-state index contributed by atoms with van der Waals surface area (Å²) in [5.41, 5.74) is 3.67. The molecule has 0 saturated carbocycles. The van der Waals surface area contributed by atoms with Crippen LogP contribution in [0.3, 0.4) is 0 Å². The number of thiocarbonyl (C=S) groups is 1. The molecule has 3 rings (SSSR count). The number of amides is 2. The number of terminal acetylenes is 1. The summed E-state index contributed by atoms with van der Waals surface area (Å²) in [4.78, 5) is 25.6. The molecule has 1 fully saturated rings. The van der Waals surface area contributed by atoms with Gasteiger partial charge in [-0.3, -0.25) is 15.0 Å². The lowest BCUT2D eigenvalue weighted by Crippen LogP contribution is -2.44. The minimum atomic E-state index is -0.422. The van der Waals surface area contributed by atoms with Crippen LogP contribution in [-0.2, 0) is 4.79 Å². The van der Waals surface area contributed by atoms with Crippen LogP contribution in [0, 0.1) is 12.3 Å². The van der Waals surface area contributed by atoms with E-state index in [0.717, 1.165) is 16.8 Å². The number of thioether (sulfide) groups is 1. The highest BCUT2D eigenvalue weighted by molar-refractivity contribution is 9.10. The maximum absolute atomic E-state index is 12.8. The van der Waals surface area contributed by atoms with Crippen LogP contribution in [0.4, 0.5) is 0 Å². The van der Waals surface area contributed by atoms with E-state index in [1.165, 1.54) is 0 Å². The van der Waals surface area contributed by atoms with Gasteiger partial charge in [0.05, 0.1) is 16.0 Å². The first-order valence-electron chi connectivity index (χ1n) is 9.11. The molecule has 0 aromatic heterocycles. The monoisotopic (exact) mass is 516 g/mol. The third kappa shape index (κ3) is 5.47. The second-order valence-corrected chi connectivity index (χ2v) is 8.61. The fraction of sp³-hybridized carbons (Fsp3) is 0.136. The molecule has 1 N–H and O–H groups in total. The van der Waals surface area contributed by atoms with Gasteiger partial charge in [0.25, 0.3) is 11.8 Å². The third-order valence-corrected chi connectivity index (χ3v) is 5.86. The van der Waals surface area contributed by atoms with Crippen LogP contribution in [0.25, 0.3) is 6.08 Å². The Hall–Kier alpha value is -2.80. The number of nitrogens with one attached hydrogen (secondary N) is 1. The van der Waals surface area contributed by atoms with Crippen molar-refractivity contribution >= 4 is 62.1 Å². The van der Waals surface area contributed by atoms with E-state index in [-0.39, 0.29) is 10.9 Å². The van der Waals surface area contributed by atoms with E-state index in [1.807, 2.05) is 6.92 Å². The molecule has 0 aliphatic carbocycles. The smallest absolute Gasteiger partial charge is 0.285 e. The number of nitrogens with zero attached hydrogens (tertiary/aromatic N) is 1. The van der Waals surface area contributed by atoms with Crippen molar-refractivity contribution in [2.45, 2.75) is 6.92 Å². The Morgan fingerprint density at radius 2 is 2.06 bits per heavy atom. The summed E-state index contributed by atoms with van der Waals surface area (Å²) in [7, 11) is 0. The quantitative estimate of drug-likeness (QED) is 0.334. The molecule has 0 bridgehead atoms. The van der Waals surface area contributed by atoms with Gasteiger partial charge in [-0.1, -0.05) is 35.9 Å². The van der Waals surface area contributed by atoms with Crippen molar-refractivity contribution in [3.8, 4) is 23.8 Å². The molecule has 2 aromatic carbocycles. The number of hydrogen-bond donors (Lipinski definition) is 1. The molecule has 2 amide bonds. The van der Waals surface area contributed by atoms with Crippen molar-refractivity contribution in [3.63, 3.8) is 0 Å². The standard InChI is InChI=1S/C22H17BrN2O4S2/c1-3-10-29-19-16(23)11-14(12-17(19)28-4-2)13-18-21(27)25(22(30)31-18)24-20(26)15-8-6-5-7-9-15/h1,5-9,11-13H,4,10H2,2H3,(H,24,26)/b18-13+. The predicted molar refractivity (Wildman–Crippen MR) is 129 cm³/mol. The van der Waals surface area contributed by atoms with Crippen molar-refractivity contribution in [2.24, 2.45) is 0 Å². The fourth-order valence-electron chi connectivity index (χ4n) is 2.66. The Kier molecular flexibility index (Phi) is 7.74. The molecule has 0 radical (unpaired) electrons. The first-order valence-corrected chi connectivity index (χ1v) is 11.1. The van der Waals surface area contributed by atoms with Gasteiger partial charge < -0.3 is 9.47 Å². The molecule has 1 saturated heterocycles. The lowest BCUT2D eigenvalue weighted by Gasteiger charge is -2.15. The maximum Gasteiger partial charge on any atom is 0.285 e. The Labute approximate surface area is 198 Å². The van der Waals surface area contributed by atoms with E-state index in [4.69, 9.17) is 28.1 Å². The van der Waals surface area contributed by atoms with Crippen LogP contribution in [-0.4, -0.2) is 34.4 Å². The van der Waals surface area contributed by atoms with Gasteiger partial charge in [-0.15, -0.1) is 6.42 Å². The average molecular weight is 517 g/mol. The topological polar surface area (TPSA) is 67.9 Å². The van der Waals surface area contributed by atoms with E-state index in [2.05, 4.69) is 27.3 Å². The Morgan fingerprint density at radius 3 is 2.74 bits per heavy atom. The third-order valence-electron chi connectivity index (χ3n) is 3.97. The Morgan fingerprint density at radius 1 is 1.32 bits per heavy atom. The molecule has 9 heteroatoms. The maximum atomic E-state index is 12.8. The largest absolute Gasteiger partial charge is 0.490 e. The lowest BCUT2D eigenvalue weighted by molar-refractivity contribution is -0.123. The van der Waals surface area contributed by atoms with E-state index in [0.29, 0.717) is 38.6 Å². The molecule has 6 nitrogen and oxygen atoms in total. The normalized spacial score (nSPS) is 14.5. The van der Waals surface area contributed by atoms with Crippen molar-refractivity contribution < 1.29 is 19.1 Å².